The van der Waals surface area contributed by atoms with Gasteiger partial charge in [0.05, 0.1) is 6.54 Å². The largest absolute Gasteiger partial charge is 0.357 e. The lowest BCUT2D eigenvalue weighted by atomic mass is 10.2. The van der Waals surface area contributed by atoms with Gasteiger partial charge in [-0.1, -0.05) is 12.2 Å². The summed E-state index contributed by atoms with van der Waals surface area (Å²) < 4.78 is 0. The van der Waals surface area contributed by atoms with Gasteiger partial charge in [0.1, 0.15) is 0 Å². The molecule has 1 aliphatic carbocycles. The molecule has 1 heterocycles. The minimum atomic E-state index is 0. The number of aliphatic imine (C=N–C) groups is 1. The first-order chi connectivity index (χ1) is 10.2. The van der Waals surface area contributed by atoms with E-state index < -0.39 is 0 Å². The summed E-state index contributed by atoms with van der Waals surface area (Å²) in [6.07, 6.45) is 6.71. The predicted octanol–water partition coefficient (Wildman–Crippen LogP) is 1.51. The Hall–Kier alpha value is -0.340. The average molecular weight is 421 g/mol. The van der Waals surface area contributed by atoms with Crippen molar-refractivity contribution in [2.24, 2.45) is 4.99 Å². The van der Waals surface area contributed by atoms with Crippen molar-refractivity contribution in [2.45, 2.75) is 38.8 Å². The third-order valence-corrected chi connectivity index (χ3v) is 4.37. The quantitative estimate of drug-likeness (QED) is 0.306. The summed E-state index contributed by atoms with van der Waals surface area (Å²) in [5.41, 5.74) is 0. The Bertz CT molecular complexity index is 356. The standard InChI is InChI=1S/C16H31N5.HI/c1-4-17-16(19-15-7-5-6-8-15)18-13-14(2)21-11-9-20(3)10-12-21;/h5-6,14-15H,4,7-13H2,1-3H3,(H2,17,18,19);1H. The molecule has 5 nitrogen and oxygen atoms in total. The van der Waals surface area contributed by atoms with Crippen LogP contribution in [-0.2, 0) is 0 Å². The van der Waals surface area contributed by atoms with Crippen molar-refractivity contribution in [3.05, 3.63) is 12.2 Å². The summed E-state index contributed by atoms with van der Waals surface area (Å²) in [5.74, 6) is 0.965. The summed E-state index contributed by atoms with van der Waals surface area (Å²) >= 11 is 0. The van der Waals surface area contributed by atoms with Crippen LogP contribution in [0.3, 0.4) is 0 Å². The van der Waals surface area contributed by atoms with Crippen LogP contribution in [0.4, 0.5) is 0 Å². The second-order valence-electron chi connectivity index (χ2n) is 6.19. The fourth-order valence-corrected chi connectivity index (χ4v) is 2.85. The van der Waals surface area contributed by atoms with Crippen LogP contribution in [-0.4, -0.2) is 74.2 Å². The van der Waals surface area contributed by atoms with Gasteiger partial charge in [0, 0.05) is 44.8 Å². The molecule has 2 N–H and O–H groups in total. The summed E-state index contributed by atoms with van der Waals surface area (Å²) in [4.78, 5) is 9.72. The Morgan fingerprint density at radius 1 is 1.23 bits per heavy atom. The first kappa shape index (κ1) is 19.7. The van der Waals surface area contributed by atoms with Crippen molar-refractivity contribution in [1.29, 1.82) is 0 Å². The average Bonchev–Trinajstić information content (AvgIpc) is 2.98. The Kier molecular flexibility index (Phi) is 9.35. The van der Waals surface area contributed by atoms with E-state index in [0.717, 1.165) is 45.0 Å². The maximum atomic E-state index is 4.78. The van der Waals surface area contributed by atoms with Crippen molar-refractivity contribution < 1.29 is 0 Å². The van der Waals surface area contributed by atoms with E-state index in [1.165, 1.54) is 13.1 Å². The van der Waals surface area contributed by atoms with Gasteiger partial charge < -0.3 is 15.5 Å². The molecular weight excluding hydrogens is 389 g/mol. The molecule has 0 amide bonds. The number of nitrogens with zero attached hydrogens (tertiary/aromatic N) is 3. The highest BCUT2D eigenvalue weighted by atomic mass is 127. The van der Waals surface area contributed by atoms with Gasteiger partial charge in [0.15, 0.2) is 5.96 Å². The van der Waals surface area contributed by atoms with E-state index in [0.29, 0.717) is 12.1 Å². The van der Waals surface area contributed by atoms with Gasteiger partial charge in [0.2, 0.25) is 0 Å². The minimum absolute atomic E-state index is 0. The van der Waals surface area contributed by atoms with Crippen LogP contribution in [0, 0.1) is 0 Å². The molecule has 6 heteroatoms. The van der Waals surface area contributed by atoms with Crippen LogP contribution in [0.25, 0.3) is 0 Å². The lowest BCUT2D eigenvalue weighted by Crippen LogP contribution is -2.49. The van der Waals surface area contributed by atoms with Crippen molar-refractivity contribution >= 4 is 29.9 Å². The van der Waals surface area contributed by atoms with Crippen LogP contribution in [0.5, 0.6) is 0 Å². The summed E-state index contributed by atoms with van der Waals surface area (Å²) in [7, 11) is 2.20. The number of hydrogen-bond donors (Lipinski definition) is 2. The van der Waals surface area contributed by atoms with Crippen molar-refractivity contribution in [3.8, 4) is 0 Å². The van der Waals surface area contributed by atoms with E-state index >= 15 is 0 Å². The summed E-state index contributed by atoms with van der Waals surface area (Å²) in [5, 5.41) is 6.89. The van der Waals surface area contributed by atoms with Crippen molar-refractivity contribution in [3.63, 3.8) is 0 Å². The Morgan fingerprint density at radius 3 is 2.45 bits per heavy atom. The fraction of sp³-hybridized carbons (Fsp3) is 0.812. The van der Waals surface area contributed by atoms with Crippen molar-refractivity contribution in [1.82, 2.24) is 20.4 Å². The minimum Gasteiger partial charge on any atom is -0.357 e. The number of rotatable bonds is 5. The maximum absolute atomic E-state index is 4.78. The third-order valence-electron chi connectivity index (χ3n) is 4.37. The molecule has 0 aromatic rings. The SMILES string of the molecule is CCNC(=NCC(C)N1CCN(C)CC1)NC1CC=CC1.I. The lowest BCUT2D eigenvalue weighted by Gasteiger charge is -2.36. The van der Waals surface area contributed by atoms with E-state index in [-0.39, 0.29) is 24.0 Å². The molecule has 0 radical (unpaired) electrons. The van der Waals surface area contributed by atoms with Gasteiger partial charge in [-0.3, -0.25) is 9.89 Å². The molecule has 1 aliphatic heterocycles. The zero-order chi connectivity index (χ0) is 15.1. The normalized spacial score (nSPS) is 22.4. The molecule has 128 valence electrons. The third kappa shape index (κ3) is 6.42. The van der Waals surface area contributed by atoms with E-state index in [2.05, 4.69) is 53.5 Å². The molecule has 0 saturated carbocycles. The highest BCUT2D eigenvalue weighted by Crippen LogP contribution is 2.09. The Morgan fingerprint density at radius 2 is 1.86 bits per heavy atom. The van der Waals surface area contributed by atoms with Gasteiger partial charge in [-0.25, -0.2) is 0 Å². The second-order valence-corrected chi connectivity index (χ2v) is 6.19. The zero-order valence-corrected chi connectivity index (χ0v) is 16.5. The molecule has 2 rings (SSSR count). The molecule has 0 aromatic heterocycles. The van der Waals surface area contributed by atoms with Gasteiger partial charge in [-0.15, -0.1) is 24.0 Å². The molecule has 2 aliphatic rings. The van der Waals surface area contributed by atoms with Gasteiger partial charge in [0.25, 0.3) is 0 Å². The van der Waals surface area contributed by atoms with E-state index in [1.54, 1.807) is 0 Å². The number of likely N-dealkylation sites (N-methyl/N-ethyl adjacent to an activating group) is 1. The first-order valence-corrected chi connectivity index (χ1v) is 8.31. The molecule has 1 saturated heterocycles. The monoisotopic (exact) mass is 421 g/mol. The number of hydrogen-bond acceptors (Lipinski definition) is 3. The van der Waals surface area contributed by atoms with Crippen LogP contribution in [0.15, 0.2) is 17.1 Å². The molecule has 0 aromatic carbocycles. The van der Waals surface area contributed by atoms with Crippen LogP contribution < -0.4 is 10.6 Å². The Labute approximate surface area is 152 Å². The van der Waals surface area contributed by atoms with E-state index in [9.17, 15) is 0 Å². The smallest absolute Gasteiger partial charge is 0.191 e. The molecule has 22 heavy (non-hydrogen) atoms. The van der Waals surface area contributed by atoms with E-state index in [1.807, 2.05) is 0 Å². The number of guanidine groups is 1. The zero-order valence-electron chi connectivity index (χ0n) is 14.2. The lowest BCUT2D eigenvalue weighted by molar-refractivity contribution is 0.122. The summed E-state index contributed by atoms with van der Waals surface area (Å²) in [6, 6.07) is 1.03. The Balaban J connectivity index is 0.00000242. The number of piperazine rings is 1. The van der Waals surface area contributed by atoms with Gasteiger partial charge in [-0.05, 0) is 33.7 Å². The molecule has 1 fully saturated rings. The molecule has 1 unspecified atom stereocenters. The maximum Gasteiger partial charge on any atom is 0.191 e. The number of nitrogens with one attached hydrogen (secondary N) is 2. The van der Waals surface area contributed by atoms with Crippen LogP contribution >= 0.6 is 24.0 Å². The van der Waals surface area contributed by atoms with Gasteiger partial charge >= 0.3 is 0 Å². The van der Waals surface area contributed by atoms with Crippen molar-refractivity contribution in [2.75, 3.05) is 46.3 Å². The van der Waals surface area contributed by atoms with Gasteiger partial charge in [-0.2, -0.15) is 0 Å². The first-order valence-electron chi connectivity index (χ1n) is 8.31. The molecule has 0 bridgehead atoms. The summed E-state index contributed by atoms with van der Waals surface area (Å²) in [6.45, 7) is 10.8. The molecule has 1 atom stereocenters. The fourth-order valence-electron chi connectivity index (χ4n) is 2.85. The highest BCUT2D eigenvalue weighted by Gasteiger charge is 2.19. The van der Waals surface area contributed by atoms with Crippen LogP contribution in [0.2, 0.25) is 0 Å². The number of halogens is 1. The molecular formula is C16H32IN5. The topological polar surface area (TPSA) is 42.9 Å². The van der Waals surface area contributed by atoms with E-state index in [4.69, 9.17) is 4.99 Å². The predicted molar refractivity (Wildman–Crippen MR) is 105 cm³/mol. The molecule has 0 spiro atoms. The second kappa shape index (κ2) is 10.4. The van der Waals surface area contributed by atoms with Crippen LogP contribution in [0.1, 0.15) is 26.7 Å². The highest BCUT2D eigenvalue weighted by molar-refractivity contribution is 14.0.